The van der Waals surface area contributed by atoms with Crippen molar-refractivity contribution in [2.45, 2.75) is 19.4 Å². The molecule has 0 aliphatic carbocycles. The van der Waals surface area contributed by atoms with Crippen molar-refractivity contribution in [2.24, 2.45) is 5.73 Å². The molecule has 1 rings (SSSR count). The third-order valence-electron chi connectivity index (χ3n) is 2.11. The van der Waals surface area contributed by atoms with Gasteiger partial charge in [-0.3, -0.25) is 0 Å². The number of benzene rings is 1. The van der Waals surface area contributed by atoms with Gasteiger partial charge < -0.3 is 10.8 Å². The van der Waals surface area contributed by atoms with E-state index in [9.17, 15) is 5.11 Å². The van der Waals surface area contributed by atoms with E-state index in [2.05, 4.69) is 0 Å². The molecule has 0 saturated heterocycles. The lowest BCUT2D eigenvalue weighted by Gasteiger charge is -2.13. The maximum Gasteiger partial charge on any atom is 0.0805 e. The van der Waals surface area contributed by atoms with Crippen LogP contribution >= 0.6 is 11.6 Å². The minimum Gasteiger partial charge on any atom is -0.388 e. The number of hydrogen-bond acceptors (Lipinski definition) is 2. The summed E-state index contributed by atoms with van der Waals surface area (Å²) in [6.45, 7) is 2.38. The molecule has 1 aromatic carbocycles. The fourth-order valence-electron chi connectivity index (χ4n) is 1.30. The van der Waals surface area contributed by atoms with Crippen LogP contribution in [-0.2, 0) is 0 Å². The van der Waals surface area contributed by atoms with Crippen LogP contribution in [0.1, 0.15) is 23.7 Å². The Balaban J connectivity index is 2.93. The summed E-state index contributed by atoms with van der Waals surface area (Å²) < 4.78 is 0. The Bertz CT molecular complexity index is 288. The molecule has 0 fully saturated rings. The van der Waals surface area contributed by atoms with Gasteiger partial charge in [0.05, 0.1) is 6.10 Å². The monoisotopic (exact) mass is 199 g/mol. The molecule has 0 heterocycles. The Labute approximate surface area is 83.3 Å². The molecule has 72 valence electrons. The lowest BCUT2D eigenvalue weighted by atomic mass is 10.0. The van der Waals surface area contributed by atoms with Crippen molar-refractivity contribution in [3.8, 4) is 0 Å². The third-order valence-corrected chi connectivity index (χ3v) is 2.52. The first-order valence-corrected chi connectivity index (χ1v) is 4.67. The molecular formula is C10H14ClNO. The van der Waals surface area contributed by atoms with Crippen molar-refractivity contribution in [3.63, 3.8) is 0 Å². The molecule has 0 bridgehead atoms. The van der Waals surface area contributed by atoms with Crippen molar-refractivity contribution in [3.05, 3.63) is 34.3 Å². The van der Waals surface area contributed by atoms with Crippen LogP contribution in [0.5, 0.6) is 0 Å². The molecule has 1 unspecified atom stereocenters. The van der Waals surface area contributed by atoms with Gasteiger partial charge >= 0.3 is 0 Å². The molecule has 13 heavy (non-hydrogen) atoms. The first kappa shape index (κ1) is 10.5. The zero-order chi connectivity index (χ0) is 9.84. The number of aliphatic hydroxyl groups is 1. The average molecular weight is 200 g/mol. The SMILES string of the molecule is Cc1c(Cl)cccc1C(O)CCN. The van der Waals surface area contributed by atoms with Crippen LogP contribution in [0.3, 0.4) is 0 Å². The topological polar surface area (TPSA) is 46.2 Å². The van der Waals surface area contributed by atoms with Gasteiger partial charge in [-0.15, -0.1) is 0 Å². The number of nitrogens with two attached hydrogens (primary N) is 1. The van der Waals surface area contributed by atoms with Gasteiger partial charge in [0.1, 0.15) is 0 Å². The van der Waals surface area contributed by atoms with E-state index in [0.29, 0.717) is 18.0 Å². The molecule has 0 amide bonds. The Kier molecular flexibility index (Phi) is 3.72. The van der Waals surface area contributed by atoms with Gasteiger partial charge in [0.15, 0.2) is 0 Å². The standard InChI is InChI=1S/C10H14ClNO/c1-7-8(10(13)5-6-12)3-2-4-9(7)11/h2-4,10,13H,5-6,12H2,1H3. The molecule has 0 aliphatic heterocycles. The highest BCUT2D eigenvalue weighted by molar-refractivity contribution is 6.31. The largest absolute Gasteiger partial charge is 0.388 e. The quantitative estimate of drug-likeness (QED) is 0.783. The average Bonchev–Trinajstić information content (AvgIpc) is 2.10. The predicted octanol–water partition coefficient (Wildman–Crippen LogP) is 2.03. The second kappa shape index (κ2) is 4.61. The number of hydrogen-bond donors (Lipinski definition) is 2. The molecule has 0 spiro atoms. The summed E-state index contributed by atoms with van der Waals surface area (Å²) in [7, 11) is 0. The second-order valence-corrected chi connectivity index (χ2v) is 3.45. The molecule has 1 atom stereocenters. The summed E-state index contributed by atoms with van der Waals surface area (Å²) >= 11 is 5.92. The maximum absolute atomic E-state index is 9.69. The van der Waals surface area contributed by atoms with Gasteiger partial charge in [-0.05, 0) is 37.1 Å². The number of rotatable bonds is 3. The summed E-state index contributed by atoms with van der Waals surface area (Å²) in [6, 6.07) is 5.53. The molecule has 0 aliphatic rings. The summed E-state index contributed by atoms with van der Waals surface area (Å²) in [5, 5.41) is 10.4. The Morgan fingerprint density at radius 3 is 2.85 bits per heavy atom. The van der Waals surface area contributed by atoms with Crippen LogP contribution < -0.4 is 5.73 Å². The van der Waals surface area contributed by atoms with Crippen LogP contribution in [-0.4, -0.2) is 11.7 Å². The van der Waals surface area contributed by atoms with E-state index < -0.39 is 6.10 Å². The van der Waals surface area contributed by atoms with E-state index in [4.69, 9.17) is 17.3 Å². The van der Waals surface area contributed by atoms with Crippen molar-refractivity contribution >= 4 is 11.6 Å². The molecule has 3 heteroatoms. The summed E-state index contributed by atoms with van der Waals surface area (Å²) in [4.78, 5) is 0. The van der Waals surface area contributed by atoms with E-state index >= 15 is 0 Å². The normalized spacial score (nSPS) is 12.9. The van der Waals surface area contributed by atoms with Crippen LogP contribution in [0.2, 0.25) is 5.02 Å². The maximum atomic E-state index is 9.69. The van der Waals surface area contributed by atoms with Crippen LogP contribution in [0.4, 0.5) is 0 Å². The van der Waals surface area contributed by atoms with Crippen LogP contribution in [0.25, 0.3) is 0 Å². The molecule has 1 aromatic rings. The van der Waals surface area contributed by atoms with Gasteiger partial charge in [-0.25, -0.2) is 0 Å². The molecule has 3 N–H and O–H groups in total. The smallest absolute Gasteiger partial charge is 0.0805 e. The van der Waals surface area contributed by atoms with Gasteiger partial charge in [-0.1, -0.05) is 23.7 Å². The van der Waals surface area contributed by atoms with Crippen molar-refractivity contribution in [1.29, 1.82) is 0 Å². The van der Waals surface area contributed by atoms with Crippen molar-refractivity contribution < 1.29 is 5.11 Å². The number of aliphatic hydroxyl groups excluding tert-OH is 1. The van der Waals surface area contributed by atoms with Gasteiger partial charge in [0.2, 0.25) is 0 Å². The van der Waals surface area contributed by atoms with Crippen LogP contribution in [0, 0.1) is 6.92 Å². The summed E-state index contributed by atoms with van der Waals surface area (Å²) in [6.07, 6.45) is 0.0740. The Hall–Kier alpha value is -0.570. The van der Waals surface area contributed by atoms with E-state index in [1.54, 1.807) is 0 Å². The summed E-state index contributed by atoms with van der Waals surface area (Å²) in [5.41, 5.74) is 7.17. The first-order chi connectivity index (χ1) is 6.16. The number of halogens is 1. The fourth-order valence-corrected chi connectivity index (χ4v) is 1.48. The molecule has 0 radical (unpaired) electrons. The minimum absolute atomic E-state index is 0.479. The molecule has 0 saturated carbocycles. The molecular weight excluding hydrogens is 186 g/mol. The Morgan fingerprint density at radius 1 is 1.54 bits per heavy atom. The van der Waals surface area contributed by atoms with E-state index in [1.165, 1.54) is 0 Å². The van der Waals surface area contributed by atoms with Gasteiger partial charge in [-0.2, -0.15) is 0 Å². The highest BCUT2D eigenvalue weighted by atomic mass is 35.5. The lowest BCUT2D eigenvalue weighted by molar-refractivity contribution is 0.169. The zero-order valence-corrected chi connectivity index (χ0v) is 8.38. The fraction of sp³-hybridized carbons (Fsp3) is 0.400. The van der Waals surface area contributed by atoms with Gasteiger partial charge in [0, 0.05) is 5.02 Å². The summed E-state index contributed by atoms with van der Waals surface area (Å²) in [5.74, 6) is 0. The van der Waals surface area contributed by atoms with E-state index in [-0.39, 0.29) is 0 Å². The lowest BCUT2D eigenvalue weighted by Crippen LogP contribution is -2.07. The molecule has 2 nitrogen and oxygen atoms in total. The van der Waals surface area contributed by atoms with Crippen molar-refractivity contribution in [2.75, 3.05) is 6.54 Å². The van der Waals surface area contributed by atoms with E-state index in [0.717, 1.165) is 11.1 Å². The van der Waals surface area contributed by atoms with E-state index in [1.807, 2.05) is 25.1 Å². The highest BCUT2D eigenvalue weighted by Crippen LogP contribution is 2.25. The minimum atomic E-state index is -0.497. The molecule has 0 aromatic heterocycles. The highest BCUT2D eigenvalue weighted by Gasteiger charge is 2.10. The Morgan fingerprint density at radius 2 is 2.23 bits per heavy atom. The predicted molar refractivity (Wildman–Crippen MR) is 54.8 cm³/mol. The first-order valence-electron chi connectivity index (χ1n) is 4.30. The second-order valence-electron chi connectivity index (χ2n) is 3.05. The van der Waals surface area contributed by atoms with Gasteiger partial charge in [0.25, 0.3) is 0 Å². The zero-order valence-electron chi connectivity index (χ0n) is 7.63. The van der Waals surface area contributed by atoms with Crippen LogP contribution in [0.15, 0.2) is 18.2 Å². The van der Waals surface area contributed by atoms with Crippen molar-refractivity contribution in [1.82, 2.24) is 0 Å². The third kappa shape index (κ3) is 2.44.